The lowest BCUT2D eigenvalue weighted by Gasteiger charge is -2.24. The van der Waals surface area contributed by atoms with E-state index in [0.29, 0.717) is 11.9 Å². The second-order valence-electron chi connectivity index (χ2n) is 4.87. The number of anilines is 1. The van der Waals surface area contributed by atoms with Crippen LogP contribution in [-0.2, 0) is 0 Å². The average Bonchev–Trinajstić information content (AvgIpc) is 2.93. The lowest BCUT2D eigenvalue weighted by Crippen LogP contribution is -2.34. The van der Waals surface area contributed by atoms with E-state index >= 15 is 0 Å². The van der Waals surface area contributed by atoms with Crippen LogP contribution >= 0.6 is 0 Å². The maximum absolute atomic E-state index is 5.15. The van der Waals surface area contributed by atoms with Gasteiger partial charge in [-0.1, -0.05) is 0 Å². The molecule has 2 saturated heterocycles. The fourth-order valence-corrected chi connectivity index (χ4v) is 3.02. The van der Waals surface area contributed by atoms with Gasteiger partial charge < -0.3 is 15.0 Å². The van der Waals surface area contributed by atoms with E-state index in [-0.39, 0.29) is 0 Å². The van der Waals surface area contributed by atoms with Crippen molar-refractivity contribution in [3.05, 3.63) is 12.3 Å². The highest BCUT2D eigenvalue weighted by atomic mass is 16.5. The zero-order chi connectivity index (χ0) is 11.8. The summed E-state index contributed by atoms with van der Waals surface area (Å²) < 4.78 is 5.15. The van der Waals surface area contributed by atoms with Gasteiger partial charge in [0.05, 0.1) is 7.11 Å². The molecule has 3 heterocycles. The molecule has 1 aromatic rings. The van der Waals surface area contributed by atoms with Crippen molar-refractivity contribution in [2.75, 3.05) is 31.6 Å². The van der Waals surface area contributed by atoms with E-state index in [1.807, 2.05) is 0 Å². The summed E-state index contributed by atoms with van der Waals surface area (Å²) in [6, 6.07) is 2.29. The number of nitrogens with zero attached hydrogens (tertiary/aromatic N) is 3. The van der Waals surface area contributed by atoms with Gasteiger partial charge in [-0.25, -0.2) is 4.98 Å². The quantitative estimate of drug-likeness (QED) is 0.809. The van der Waals surface area contributed by atoms with Gasteiger partial charge >= 0.3 is 0 Å². The average molecular weight is 234 g/mol. The van der Waals surface area contributed by atoms with Gasteiger partial charge in [0, 0.05) is 37.9 Å². The van der Waals surface area contributed by atoms with E-state index < -0.39 is 0 Å². The topological polar surface area (TPSA) is 50.3 Å². The number of fused-ring (bicyclic) bond motifs is 1. The van der Waals surface area contributed by atoms with Gasteiger partial charge in [-0.3, -0.25) is 0 Å². The van der Waals surface area contributed by atoms with Crippen LogP contribution in [0.25, 0.3) is 0 Å². The maximum atomic E-state index is 5.15. The summed E-state index contributed by atoms with van der Waals surface area (Å²) in [7, 11) is 1.64. The molecule has 0 saturated carbocycles. The Bertz CT molecular complexity index is 411. The monoisotopic (exact) mass is 234 g/mol. The van der Waals surface area contributed by atoms with Crippen molar-refractivity contribution >= 4 is 5.95 Å². The minimum Gasteiger partial charge on any atom is -0.481 e. The molecule has 5 nitrogen and oxygen atoms in total. The van der Waals surface area contributed by atoms with E-state index in [4.69, 9.17) is 4.74 Å². The van der Waals surface area contributed by atoms with Crippen molar-refractivity contribution in [2.45, 2.75) is 13.0 Å². The van der Waals surface area contributed by atoms with Crippen LogP contribution in [0.15, 0.2) is 12.3 Å². The summed E-state index contributed by atoms with van der Waals surface area (Å²) in [5, 5.41) is 3.46. The molecule has 2 aliphatic heterocycles. The van der Waals surface area contributed by atoms with Gasteiger partial charge in [-0.2, -0.15) is 4.98 Å². The van der Waals surface area contributed by atoms with E-state index in [1.54, 1.807) is 19.4 Å². The van der Waals surface area contributed by atoms with Crippen LogP contribution in [0.3, 0.4) is 0 Å². The van der Waals surface area contributed by atoms with Crippen LogP contribution in [0, 0.1) is 11.8 Å². The maximum Gasteiger partial charge on any atom is 0.228 e. The highest BCUT2D eigenvalue weighted by Crippen LogP contribution is 2.34. The van der Waals surface area contributed by atoms with Crippen molar-refractivity contribution in [3.63, 3.8) is 0 Å². The number of aromatic nitrogens is 2. The number of hydrogen-bond acceptors (Lipinski definition) is 5. The molecule has 0 aromatic carbocycles. The number of rotatable bonds is 2. The third-order valence-electron chi connectivity index (χ3n) is 4.02. The lowest BCUT2D eigenvalue weighted by molar-refractivity contribution is 0.396. The van der Waals surface area contributed by atoms with E-state index in [0.717, 1.165) is 37.4 Å². The van der Waals surface area contributed by atoms with Gasteiger partial charge in [0.2, 0.25) is 11.8 Å². The molecule has 0 spiro atoms. The van der Waals surface area contributed by atoms with Crippen molar-refractivity contribution in [2.24, 2.45) is 11.8 Å². The summed E-state index contributed by atoms with van der Waals surface area (Å²) in [5.41, 5.74) is 0. The largest absolute Gasteiger partial charge is 0.481 e. The first-order valence-corrected chi connectivity index (χ1v) is 6.14. The lowest BCUT2D eigenvalue weighted by atomic mass is 9.95. The summed E-state index contributed by atoms with van der Waals surface area (Å²) in [5.74, 6) is 2.90. The molecule has 3 atom stereocenters. The number of nitrogens with one attached hydrogen (secondary N) is 1. The molecule has 17 heavy (non-hydrogen) atoms. The van der Waals surface area contributed by atoms with Crippen LogP contribution in [0.4, 0.5) is 5.95 Å². The molecule has 3 unspecified atom stereocenters. The summed E-state index contributed by atoms with van der Waals surface area (Å²) in [4.78, 5) is 11.1. The summed E-state index contributed by atoms with van der Waals surface area (Å²) in [6.07, 6.45) is 1.76. The molecule has 92 valence electrons. The van der Waals surface area contributed by atoms with Crippen LogP contribution < -0.4 is 15.0 Å². The number of methoxy groups -OCH3 is 1. The Labute approximate surface area is 101 Å². The highest BCUT2D eigenvalue weighted by Gasteiger charge is 2.42. The molecule has 3 rings (SSSR count). The van der Waals surface area contributed by atoms with E-state index in [9.17, 15) is 0 Å². The Morgan fingerprint density at radius 2 is 2.35 bits per heavy atom. The predicted octanol–water partition coefficient (Wildman–Crippen LogP) is 0.529. The first kappa shape index (κ1) is 10.8. The Morgan fingerprint density at radius 1 is 1.47 bits per heavy atom. The SMILES string of the molecule is COc1ccnc(N2CC3CNCC3C2C)n1. The van der Waals surface area contributed by atoms with Crippen LogP contribution in [-0.4, -0.2) is 42.8 Å². The van der Waals surface area contributed by atoms with Gasteiger partial charge in [-0.15, -0.1) is 0 Å². The smallest absolute Gasteiger partial charge is 0.228 e. The van der Waals surface area contributed by atoms with Gasteiger partial charge in [-0.05, 0) is 18.8 Å². The molecule has 2 fully saturated rings. The second kappa shape index (κ2) is 4.14. The number of ether oxygens (including phenoxy) is 1. The van der Waals surface area contributed by atoms with Gasteiger partial charge in [0.1, 0.15) is 0 Å². The second-order valence-corrected chi connectivity index (χ2v) is 4.87. The summed E-state index contributed by atoms with van der Waals surface area (Å²) in [6.45, 7) is 5.55. The minimum atomic E-state index is 0.502. The first-order valence-electron chi connectivity index (χ1n) is 6.14. The molecule has 0 radical (unpaired) electrons. The highest BCUT2D eigenvalue weighted by molar-refractivity contribution is 5.36. The molecule has 2 aliphatic rings. The van der Waals surface area contributed by atoms with Gasteiger partial charge in [0.15, 0.2) is 0 Å². The predicted molar refractivity (Wildman–Crippen MR) is 65.2 cm³/mol. The zero-order valence-corrected chi connectivity index (χ0v) is 10.3. The van der Waals surface area contributed by atoms with Crippen molar-refractivity contribution in [1.29, 1.82) is 0 Å². The molecule has 0 amide bonds. The molecule has 0 bridgehead atoms. The Balaban J connectivity index is 1.84. The third-order valence-corrected chi connectivity index (χ3v) is 4.02. The third kappa shape index (κ3) is 1.74. The fraction of sp³-hybridized carbons (Fsp3) is 0.667. The molecule has 1 N–H and O–H groups in total. The van der Waals surface area contributed by atoms with Crippen molar-refractivity contribution < 1.29 is 4.74 Å². The Hall–Kier alpha value is -1.36. The normalized spacial score (nSPS) is 31.6. The minimum absolute atomic E-state index is 0.502. The first-order chi connectivity index (χ1) is 8.29. The van der Waals surface area contributed by atoms with Crippen LogP contribution in [0.1, 0.15) is 6.92 Å². The standard InChI is InChI=1S/C12H18N4O/c1-8-10-6-13-5-9(10)7-16(8)12-14-4-3-11(15-12)17-2/h3-4,8-10,13H,5-7H2,1-2H3. The van der Waals surface area contributed by atoms with Crippen LogP contribution in [0.2, 0.25) is 0 Å². The van der Waals surface area contributed by atoms with Gasteiger partial charge in [0.25, 0.3) is 0 Å². The Morgan fingerprint density at radius 3 is 3.12 bits per heavy atom. The van der Waals surface area contributed by atoms with E-state index in [1.165, 1.54) is 0 Å². The molecular weight excluding hydrogens is 216 g/mol. The Kier molecular flexibility index (Phi) is 2.63. The van der Waals surface area contributed by atoms with E-state index in [2.05, 4.69) is 27.1 Å². The van der Waals surface area contributed by atoms with Crippen molar-refractivity contribution in [1.82, 2.24) is 15.3 Å². The van der Waals surface area contributed by atoms with Crippen LogP contribution in [0.5, 0.6) is 5.88 Å². The molecule has 1 aromatic heterocycles. The molecular formula is C12H18N4O. The summed E-state index contributed by atoms with van der Waals surface area (Å²) >= 11 is 0. The zero-order valence-electron chi connectivity index (χ0n) is 10.3. The number of hydrogen-bond donors (Lipinski definition) is 1. The molecule has 5 heteroatoms. The fourth-order valence-electron chi connectivity index (χ4n) is 3.02. The molecule has 0 aliphatic carbocycles. The van der Waals surface area contributed by atoms with Crippen molar-refractivity contribution in [3.8, 4) is 5.88 Å².